The minimum absolute atomic E-state index is 0.142. The molecule has 0 radical (unpaired) electrons. The van der Waals surface area contributed by atoms with Crippen LogP contribution in [0.4, 0.5) is 0 Å². The fourth-order valence-corrected chi connectivity index (χ4v) is 2.99. The zero-order chi connectivity index (χ0) is 7.90. The van der Waals surface area contributed by atoms with Gasteiger partial charge in [-0.2, -0.15) is 0 Å². The first-order valence-corrected chi connectivity index (χ1v) is 5.33. The standard InChI is InChI=1S/C6H11NO3S/c8-11(9,5-1-7-2-5)6-3-10-4-6/h5-7H,1-4H2. The summed E-state index contributed by atoms with van der Waals surface area (Å²) in [6.07, 6.45) is 0. The summed E-state index contributed by atoms with van der Waals surface area (Å²) in [6.45, 7) is 2.05. The first-order chi connectivity index (χ1) is 5.21. The van der Waals surface area contributed by atoms with Gasteiger partial charge >= 0.3 is 0 Å². The summed E-state index contributed by atoms with van der Waals surface area (Å²) < 4.78 is 27.8. The van der Waals surface area contributed by atoms with Crippen molar-refractivity contribution < 1.29 is 13.2 Å². The lowest BCUT2D eigenvalue weighted by atomic mass is 10.3. The Morgan fingerprint density at radius 1 is 1.18 bits per heavy atom. The smallest absolute Gasteiger partial charge is 0.163 e. The summed E-state index contributed by atoms with van der Waals surface area (Å²) >= 11 is 0. The van der Waals surface area contributed by atoms with Gasteiger partial charge in [0.05, 0.1) is 18.5 Å². The van der Waals surface area contributed by atoms with Gasteiger partial charge in [0.15, 0.2) is 9.84 Å². The van der Waals surface area contributed by atoms with Crippen LogP contribution in [0.1, 0.15) is 0 Å². The Hall–Kier alpha value is -0.130. The van der Waals surface area contributed by atoms with E-state index in [-0.39, 0.29) is 10.5 Å². The van der Waals surface area contributed by atoms with E-state index in [1.807, 2.05) is 0 Å². The van der Waals surface area contributed by atoms with Crippen LogP contribution in [0.5, 0.6) is 0 Å². The van der Waals surface area contributed by atoms with E-state index in [1.54, 1.807) is 0 Å². The van der Waals surface area contributed by atoms with Crippen molar-refractivity contribution in [3.8, 4) is 0 Å². The van der Waals surface area contributed by atoms with Crippen LogP contribution >= 0.6 is 0 Å². The first kappa shape index (κ1) is 7.52. The molecule has 0 aromatic rings. The second-order valence-corrected chi connectivity index (χ2v) is 5.54. The van der Waals surface area contributed by atoms with Gasteiger partial charge in [-0.05, 0) is 0 Å². The minimum Gasteiger partial charge on any atom is -0.379 e. The maximum Gasteiger partial charge on any atom is 0.163 e. The molecule has 0 aromatic carbocycles. The lowest BCUT2D eigenvalue weighted by Crippen LogP contribution is -2.57. The fourth-order valence-electron chi connectivity index (χ4n) is 1.17. The molecule has 4 nitrogen and oxygen atoms in total. The Bertz CT molecular complexity index is 221. The van der Waals surface area contributed by atoms with Gasteiger partial charge in [-0.3, -0.25) is 0 Å². The molecule has 64 valence electrons. The second-order valence-electron chi connectivity index (χ2n) is 3.03. The zero-order valence-electron chi connectivity index (χ0n) is 6.12. The maximum absolute atomic E-state index is 11.5. The molecule has 2 saturated heterocycles. The van der Waals surface area contributed by atoms with Gasteiger partial charge in [0.1, 0.15) is 5.25 Å². The predicted octanol–water partition coefficient (Wildman–Crippen LogP) is -1.23. The van der Waals surface area contributed by atoms with Gasteiger partial charge in [-0.1, -0.05) is 0 Å². The van der Waals surface area contributed by atoms with Crippen molar-refractivity contribution in [2.45, 2.75) is 10.5 Å². The summed E-state index contributed by atoms with van der Waals surface area (Å²) in [5, 5.41) is 2.59. The molecule has 0 aliphatic carbocycles. The van der Waals surface area contributed by atoms with Crippen LogP contribution in [0.15, 0.2) is 0 Å². The highest BCUT2D eigenvalue weighted by Gasteiger charge is 2.41. The average Bonchev–Trinajstić information content (AvgIpc) is 1.46. The van der Waals surface area contributed by atoms with Gasteiger partial charge in [0.25, 0.3) is 0 Å². The molecule has 0 saturated carbocycles. The first-order valence-electron chi connectivity index (χ1n) is 3.72. The molecule has 1 N–H and O–H groups in total. The molecule has 2 rings (SSSR count). The zero-order valence-corrected chi connectivity index (χ0v) is 6.93. The van der Waals surface area contributed by atoms with E-state index in [0.717, 1.165) is 0 Å². The number of sulfone groups is 1. The molecule has 0 atom stereocenters. The quantitative estimate of drug-likeness (QED) is 0.574. The number of hydrogen-bond acceptors (Lipinski definition) is 4. The van der Waals surface area contributed by atoms with Crippen molar-refractivity contribution in [3.05, 3.63) is 0 Å². The van der Waals surface area contributed by atoms with Crippen molar-refractivity contribution in [1.29, 1.82) is 0 Å². The minimum atomic E-state index is -2.85. The van der Waals surface area contributed by atoms with Crippen molar-refractivity contribution in [2.24, 2.45) is 0 Å². The topological polar surface area (TPSA) is 55.4 Å². The Morgan fingerprint density at radius 3 is 2.09 bits per heavy atom. The molecular formula is C6H11NO3S. The van der Waals surface area contributed by atoms with Crippen LogP contribution < -0.4 is 5.32 Å². The third kappa shape index (κ3) is 1.07. The van der Waals surface area contributed by atoms with E-state index in [0.29, 0.717) is 26.3 Å². The number of hydrogen-bond donors (Lipinski definition) is 1. The van der Waals surface area contributed by atoms with E-state index in [1.165, 1.54) is 0 Å². The van der Waals surface area contributed by atoms with Gasteiger partial charge in [-0.25, -0.2) is 8.42 Å². The van der Waals surface area contributed by atoms with Crippen LogP contribution in [0.3, 0.4) is 0 Å². The molecule has 0 aromatic heterocycles. The third-order valence-corrected chi connectivity index (χ3v) is 4.74. The summed E-state index contributed by atoms with van der Waals surface area (Å²) in [5.41, 5.74) is 0. The second kappa shape index (κ2) is 2.43. The Kier molecular flexibility index (Phi) is 1.66. The molecule has 5 heteroatoms. The highest BCUT2D eigenvalue weighted by Crippen LogP contribution is 2.19. The fraction of sp³-hybridized carbons (Fsp3) is 1.00. The molecule has 11 heavy (non-hydrogen) atoms. The van der Waals surface area contributed by atoms with Gasteiger partial charge < -0.3 is 10.1 Å². The lowest BCUT2D eigenvalue weighted by molar-refractivity contribution is 0.0409. The number of nitrogens with one attached hydrogen (secondary N) is 1. The molecule has 0 amide bonds. The van der Waals surface area contributed by atoms with E-state index in [9.17, 15) is 8.42 Å². The van der Waals surface area contributed by atoms with Crippen LogP contribution in [0.25, 0.3) is 0 Å². The predicted molar refractivity (Wildman–Crippen MR) is 40.2 cm³/mol. The highest BCUT2D eigenvalue weighted by molar-refractivity contribution is 7.92. The molecule has 2 aliphatic rings. The molecule has 2 fully saturated rings. The van der Waals surface area contributed by atoms with Gasteiger partial charge in [0, 0.05) is 13.1 Å². The lowest BCUT2D eigenvalue weighted by Gasteiger charge is -2.34. The Morgan fingerprint density at radius 2 is 1.82 bits per heavy atom. The highest BCUT2D eigenvalue weighted by atomic mass is 32.2. The molecular weight excluding hydrogens is 166 g/mol. The monoisotopic (exact) mass is 177 g/mol. The average molecular weight is 177 g/mol. The molecule has 0 unspecified atom stereocenters. The maximum atomic E-state index is 11.5. The summed E-state index contributed by atoms with van der Waals surface area (Å²) in [4.78, 5) is 0. The van der Waals surface area contributed by atoms with Crippen molar-refractivity contribution >= 4 is 9.84 Å². The summed E-state index contributed by atoms with van der Waals surface area (Å²) in [7, 11) is -2.85. The van der Waals surface area contributed by atoms with Crippen molar-refractivity contribution in [3.63, 3.8) is 0 Å². The normalized spacial score (nSPS) is 27.6. The van der Waals surface area contributed by atoms with Crippen LogP contribution in [0.2, 0.25) is 0 Å². The van der Waals surface area contributed by atoms with Crippen molar-refractivity contribution in [2.75, 3.05) is 26.3 Å². The van der Waals surface area contributed by atoms with E-state index >= 15 is 0 Å². The van der Waals surface area contributed by atoms with Crippen molar-refractivity contribution in [1.82, 2.24) is 5.32 Å². The van der Waals surface area contributed by atoms with E-state index in [4.69, 9.17) is 4.74 Å². The van der Waals surface area contributed by atoms with Crippen LogP contribution in [0, 0.1) is 0 Å². The van der Waals surface area contributed by atoms with Crippen LogP contribution in [-0.4, -0.2) is 45.2 Å². The van der Waals surface area contributed by atoms with Crippen LogP contribution in [-0.2, 0) is 14.6 Å². The van der Waals surface area contributed by atoms with E-state index in [2.05, 4.69) is 5.32 Å². The Labute approximate surface area is 65.8 Å². The number of ether oxygens (including phenoxy) is 1. The summed E-state index contributed by atoms with van der Waals surface area (Å²) in [6, 6.07) is 0. The molecule has 0 bridgehead atoms. The molecule has 2 heterocycles. The third-order valence-electron chi connectivity index (χ3n) is 2.28. The SMILES string of the molecule is O=S(=O)(C1CNC1)C1COC1. The van der Waals surface area contributed by atoms with Gasteiger partial charge in [-0.15, -0.1) is 0 Å². The van der Waals surface area contributed by atoms with E-state index < -0.39 is 9.84 Å². The Balaban J connectivity index is 2.07. The van der Waals surface area contributed by atoms with Gasteiger partial charge in [0.2, 0.25) is 0 Å². The molecule has 2 aliphatic heterocycles. The largest absolute Gasteiger partial charge is 0.379 e. The summed E-state index contributed by atoms with van der Waals surface area (Å²) in [5.74, 6) is 0. The molecule has 0 spiro atoms. The number of rotatable bonds is 2.